The van der Waals surface area contributed by atoms with Crippen molar-refractivity contribution in [1.29, 1.82) is 0 Å². The average Bonchev–Trinajstić information content (AvgIpc) is 1.87. The third-order valence-electron chi connectivity index (χ3n) is 0.776. The van der Waals surface area contributed by atoms with E-state index >= 15 is 0 Å². The van der Waals surface area contributed by atoms with Crippen molar-refractivity contribution in [3.63, 3.8) is 0 Å². The molecule has 0 aromatic heterocycles. The molecule has 0 aliphatic carbocycles. The quantitative estimate of drug-likeness (QED) is 0.264. The number of ether oxygens (including phenoxy) is 1. The second kappa shape index (κ2) is 4.17. The average molecular weight is 164 g/mol. The van der Waals surface area contributed by atoms with Crippen molar-refractivity contribution in [1.82, 2.24) is 0 Å². The Labute approximate surface area is 64.3 Å². The van der Waals surface area contributed by atoms with E-state index in [9.17, 15) is 9.59 Å². The van der Waals surface area contributed by atoms with Gasteiger partial charge in [0.05, 0.1) is 6.61 Å². The van der Waals surface area contributed by atoms with E-state index in [-0.39, 0.29) is 6.61 Å². The highest BCUT2D eigenvalue weighted by Gasteiger charge is 2.26. The van der Waals surface area contributed by atoms with Crippen LogP contribution in [0.5, 0.6) is 0 Å². The summed E-state index contributed by atoms with van der Waals surface area (Å²) in [4.78, 5) is 20.9. The van der Waals surface area contributed by atoms with Gasteiger partial charge in [0.15, 0.2) is 0 Å². The maximum absolute atomic E-state index is 10.6. The fourth-order valence-corrected chi connectivity index (χ4v) is 0.410. The van der Waals surface area contributed by atoms with Crippen molar-refractivity contribution in [2.45, 2.75) is 12.3 Å². The Morgan fingerprint density at radius 2 is 2.20 bits per heavy atom. The van der Waals surface area contributed by atoms with Gasteiger partial charge in [0.2, 0.25) is 5.38 Å². The second-order valence-electron chi connectivity index (χ2n) is 1.58. The molecule has 0 aromatic carbocycles. The standard InChI is InChI=1S/C6H8ClO3/c1-3-10-6(9)5(7)4(2)8/h5H,2-3H2,1H3/q+1. The molecule has 0 bridgehead atoms. The smallest absolute Gasteiger partial charge is 0.336 e. The number of halogens is 1. The summed E-state index contributed by atoms with van der Waals surface area (Å²) in [6.45, 7) is 4.82. The minimum absolute atomic E-state index is 0.218. The molecule has 1 unspecified atom stereocenters. The summed E-state index contributed by atoms with van der Waals surface area (Å²) in [6.07, 6.45) is 0. The summed E-state index contributed by atoms with van der Waals surface area (Å²) in [5.41, 5.74) is 0. The van der Waals surface area contributed by atoms with Crippen LogP contribution in [-0.4, -0.2) is 23.7 Å². The van der Waals surface area contributed by atoms with Gasteiger partial charge in [-0.3, -0.25) is 0 Å². The summed E-state index contributed by atoms with van der Waals surface area (Å²) in [5.74, 6) is -1.37. The molecule has 0 spiro atoms. The molecule has 0 heterocycles. The SMILES string of the molecule is [CH2+]C(=O)C(Cl)C(=O)OCC. The molecule has 0 aliphatic rings. The molecule has 56 valence electrons. The molecule has 1 atom stereocenters. The van der Waals surface area contributed by atoms with E-state index < -0.39 is 17.1 Å². The monoisotopic (exact) mass is 163 g/mol. The number of hydrogen-bond donors (Lipinski definition) is 0. The molecule has 0 fully saturated rings. The molecule has 0 radical (unpaired) electrons. The molecule has 10 heavy (non-hydrogen) atoms. The van der Waals surface area contributed by atoms with Gasteiger partial charge in [-0.15, -0.1) is 0 Å². The first-order valence-electron chi connectivity index (χ1n) is 2.76. The first-order chi connectivity index (χ1) is 4.59. The largest absolute Gasteiger partial charge is 0.464 e. The lowest BCUT2D eigenvalue weighted by Gasteiger charge is -2.00. The molecule has 4 heteroatoms. The van der Waals surface area contributed by atoms with Crippen molar-refractivity contribution >= 4 is 23.4 Å². The van der Waals surface area contributed by atoms with E-state index in [0.717, 1.165) is 0 Å². The highest BCUT2D eigenvalue weighted by Crippen LogP contribution is 1.99. The number of alkyl halides is 1. The number of ketones is 1. The van der Waals surface area contributed by atoms with Crippen molar-refractivity contribution in [2.24, 2.45) is 0 Å². The van der Waals surface area contributed by atoms with Crippen LogP contribution in [0.25, 0.3) is 0 Å². The van der Waals surface area contributed by atoms with E-state index in [1.807, 2.05) is 0 Å². The number of esters is 1. The van der Waals surface area contributed by atoms with E-state index in [1.165, 1.54) is 0 Å². The summed E-state index contributed by atoms with van der Waals surface area (Å²) in [7, 11) is 0. The molecule has 0 rings (SSSR count). The Balaban J connectivity index is 3.82. The topological polar surface area (TPSA) is 43.4 Å². The Morgan fingerprint density at radius 3 is 2.50 bits per heavy atom. The van der Waals surface area contributed by atoms with Crippen LogP contribution in [0.1, 0.15) is 6.92 Å². The zero-order valence-electron chi connectivity index (χ0n) is 5.59. The van der Waals surface area contributed by atoms with Gasteiger partial charge in [-0.2, -0.15) is 0 Å². The number of carbonyl (C=O) groups is 2. The van der Waals surface area contributed by atoms with Crippen LogP contribution >= 0.6 is 11.6 Å². The first-order valence-corrected chi connectivity index (χ1v) is 3.19. The highest BCUT2D eigenvalue weighted by molar-refractivity contribution is 6.41. The maximum atomic E-state index is 10.6. The summed E-state index contributed by atoms with van der Waals surface area (Å²) >= 11 is 5.26. The number of carbonyl (C=O) groups excluding carboxylic acids is 2. The van der Waals surface area contributed by atoms with Gasteiger partial charge in [-0.1, -0.05) is 11.6 Å². The molecule has 0 saturated carbocycles. The Morgan fingerprint density at radius 1 is 1.70 bits per heavy atom. The van der Waals surface area contributed by atoms with Crippen LogP contribution < -0.4 is 0 Å². The van der Waals surface area contributed by atoms with Gasteiger partial charge in [0.25, 0.3) is 0 Å². The lowest BCUT2D eigenvalue weighted by Crippen LogP contribution is -2.24. The summed E-state index contributed by atoms with van der Waals surface area (Å²) in [5, 5.41) is -1.25. The third kappa shape index (κ3) is 2.73. The molecule has 0 aliphatic heterocycles. The predicted molar refractivity (Wildman–Crippen MR) is 36.6 cm³/mol. The Hall–Kier alpha value is -0.700. The van der Waals surface area contributed by atoms with Gasteiger partial charge in [-0.25, -0.2) is 9.59 Å². The van der Waals surface area contributed by atoms with Gasteiger partial charge in [-0.05, 0) is 6.92 Å². The van der Waals surface area contributed by atoms with E-state index in [1.54, 1.807) is 6.92 Å². The minimum Gasteiger partial charge on any atom is -0.464 e. The Kier molecular flexibility index (Phi) is 3.88. The molecule has 0 saturated heterocycles. The van der Waals surface area contributed by atoms with E-state index in [0.29, 0.717) is 0 Å². The van der Waals surface area contributed by atoms with E-state index in [4.69, 9.17) is 11.6 Å². The Bertz CT molecular complexity index is 144. The molecular formula is C6H8ClO3+. The summed E-state index contributed by atoms with van der Waals surface area (Å²) in [6, 6.07) is 0. The molecule has 0 aromatic rings. The second-order valence-corrected chi connectivity index (χ2v) is 2.02. The fourth-order valence-electron chi connectivity index (χ4n) is 0.347. The lowest BCUT2D eigenvalue weighted by atomic mass is 10.3. The van der Waals surface area contributed by atoms with Crippen LogP contribution in [0.3, 0.4) is 0 Å². The van der Waals surface area contributed by atoms with E-state index in [2.05, 4.69) is 11.7 Å². The number of hydrogen-bond acceptors (Lipinski definition) is 3. The van der Waals surface area contributed by atoms with Gasteiger partial charge in [0, 0.05) is 0 Å². The summed E-state index contributed by atoms with van der Waals surface area (Å²) < 4.78 is 4.43. The molecular weight excluding hydrogens is 156 g/mol. The maximum Gasteiger partial charge on any atom is 0.336 e. The minimum atomic E-state index is -1.25. The fraction of sp³-hybridized carbons (Fsp3) is 0.500. The zero-order chi connectivity index (χ0) is 8.15. The number of Topliss-reactive ketones (excluding diaryl/α,β-unsaturated/α-hetero) is 1. The van der Waals surface area contributed by atoms with Crippen LogP contribution in [0.4, 0.5) is 0 Å². The van der Waals surface area contributed by atoms with Crippen molar-refractivity contribution in [2.75, 3.05) is 6.61 Å². The van der Waals surface area contributed by atoms with Crippen LogP contribution in [-0.2, 0) is 14.3 Å². The molecule has 0 N–H and O–H groups in total. The van der Waals surface area contributed by atoms with Gasteiger partial charge in [0.1, 0.15) is 6.92 Å². The first kappa shape index (κ1) is 9.30. The predicted octanol–water partition coefficient (Wildman–Crippen LogP) is 0.560. The third-order valence-corrected chi connectivity index (χ3v) is 1.20. The van der Waals surface area contributed by atoms with Crippen LogP contribution in [0.2, 0.25) is 0 Å². The lowest BCUT2D eigenvalue weighted by molar-refractivity contribution is -0.144. The van der Waals surface area contributed by atoms with Crippen LogP contribution in [0, 0.1) is 6.92 Å². The van der Waals surface area contributed by atoms with Gasteiger partial charge >= 0.3 is 11.8 Å². The zero-order valence-corrected chi connectivity index (χ0v) is 6.35. The van der Waals surface area contributed by atoms with Crippen molar-refractivity contribution in [3.05, 3.63) is 6.92 Å². The van der Waals surface area contributed by atoms with Crippen molar-refractivity contribution in [3.8, 4) is 0 Å². The van der Waals surface area contributed by atoms with Crippen LogP contribution in [0.15, 0.2) is 0 Å². The highest BCUT2D eigenvalue weighted by atomic mass is 35.5. The number of rotatable bonds is 3. The molecule has 3 nitrogen and oxygen atoms in total. The normalized spacial score (nSPS) is 12.2. The van der Waals surface area contributed by atoms with Crippen molar-refractivity contribution < 1.29 is 14.3 Å². The van der Waals surface area contributed by atoms with Gasteiger partial charge < -0.3 is 4.74 Å². The molecule has 0 amide bonds.